The molecule has 0 aromatic rings. The van der Waals surface area contributed by atoms with Crippen molar-refractivity contribution in [1.29, 1.82) is 0 Å². The molecule has 98 valence electrons. The van der Waals surface area contributed by atoms with E-state index in [2.05, 4.69) is 4.90 Å². The molecule has 0 N–H and O–H groups in total. The van der Waals surface area contributed by atoms with Crippen molar-refractivity contribution in [3.63, 3.8) is 0 Å². The van der Waals surface area contributed by atoms with Gasteiger partial charge in [0.25, 0.3) is 0 Å². The number of amides is 1. The van der Waals surface area contributed by atoms with E-state index in [9.17, 15) is 4.79 Å². The van der Waals surface area contributed by atoms with Crippen LogP contribution < -0.4 is 0 Å². The summed E-state index contributed by atoms with van der Waals surface area (Å²) in [6.07, 6.45) is 6.66. The summed E-state index contributed by atoms with van der Waals surface area (Å²) in [5, 5.41) is 0. The molecule has 0 radical (unpaired) electrons. The molecule has 0 aromatic heterocycles. The maximum Gasteiger partial charge on any atom is 0.223 e. The first-order valence-electron chi connectivity index (χ1n) is 6.74. The number of carbonyl (C=O) groups excluding carboxylic acids is 1. The highest BCUT2D eigenvalue weighted by molar-refractivity contribution is 7.99. The SMILES string of the molecule is O=C(CC1CCSCC1)N1CCCCC1CCl. The number of hydrogen-bond donors (Lipinski definition) is 0. The Morgan fingerprint density at radius 3 is 2.71 bits per heavy atom. The molecule has 17 heavy (non-hydrogen) atoms. The molecule has 0 aliphatic carbocycles. The van der Waals surface area contributed by atoms with Gasteiger partial charge in [-0.3, -0.25) is 4.79 Å². The summed E-state index contributed by atoms with van der Waals surface area (Å²) in [5.41, 5.74) is 0. The van der Waals surface area contributed by atoms with E-state index < -0.39 is 0 Å². The molecule has 1 amide bonds. The molecule has 1 unspecified atom stereocenters. The van der Waals surface area contributed by atoms with Crippen LogP contribution in [0, 0.1) is 5.92 Å². The van der Waals surface area contributed by atoms with E-state index in [4.69, 9.17) is 11.6 Å². The fraction of sp³-hybridized carbons (Fsp3) is 0.923. The third-order valence-electron chi connectivity index (χ3n) is 3.93. The number of thioether (sulfide) groups is 1. The Balaban J connectivity index is 1.84. The number of nitrogens with zero attached hydrogens (tertiary/aromatic N) is 1. The first-order chi connectivity index (χ1) is 8.31. The van der Waals surface area contributed by atoms with E-state index in [1.807, 2.05) is 11.8 Å². The zero-order valence-corrected chi connectivity index (χ0v) is 11.9. The molecule has 2 nitrogen and oxygen atoms in total. The monoisotopic (exact) mass is 275 g/mol. The summed E-state index contributed by atoms with van der Waals surface area (Å²) < 4.78 is 0. The van der Waals surface area contributed by atoms with Crippen molar-refractivity contribution in [3.05, 3.63) is 0 Å². The smallest absolute Gasteiger partial charge is 0.223 e. The highest BCUT2D eigenvalue weighted by Gasteiger charge is 2.27. The van der Waals surface area contributed by atoms with Gasteiger partial charge >= 0.3 is 0 Å². The van der Waals surface area contributed by atoms with Gasteiger partial charge in [-0.05, 0) is 49.5 Å². The van der Waals surface area contributed by atoms with Crippen molar-refractivity contribution in [2.45, 2.75) is 44.6 Å². The predicted octanol–water partition coefficient (Wildman–Crippen LogP) is 3.14. The fourth-order valence-corrected chi connectivity index (χ4v) is 4.33. The Bertz CT molecular complexity index is 256. The number of carbonyl (C=O) groups is 1. The lowest BCUT2D eigenvalue weighted by atomic mass is 9.96. The van der Waals surface area contributed by atoms with Crippen LogP contribution in [0.3, 0.4) is 0 Å². The van der Waals surface area contributed by atoms with Gasteiger partial charge in [-0.25, -0.2) is 0 Å². The second kappa shape index (κ2) is 6.89. The quantitative estimate of drug-likeness (QED) is 0.738. The zero-order chi connectivity index (χ0) is 12.1. The molecule has 2 heterocycles. The molecule has 2 aliphatic heterocycles. The lowest BCUT2D eigenvalue weighted by molar-refractivity contribution is -0.135. The standard InChI is InChI=1S/C13H22ClNOS/c14-10-12-3-1-2-6-15(12)13(16)9-11-4-7-17-8-5-11/h11-12H,1-10H2. The van der Waals surface area contributed by atoms with Crippen molar-refractivity contribution in [3.8, 4) is 0 Å². The molecule has 2 aliphatic rings. The summed E-state index contributed by atoms with van der Waals surface area (Å²) >= 11 is 7.99. The van der Waals surface area contributed by atoms with Crippen LogP contribution in [0.2, 0.25) is 0 Å². The molecule has 2 saturated heterocycles. The maximum absolute atomic E-state index is 12.3. The minimum Gasteiger partial charge on any atom is -0.339 e. The average molecular weight is 276 g/mol. The zero-order valence-electron chi connectivity index (χ0n) is 10.4. The Kier molecular flexibility index (Phi) is 5.49. The van der Waals surface area contributed by atoms with Gasteiger partial charge in [0.05, 0.1) is 0 Å². The Labute approximate surface area is 113 Å². The number of likely N-dealkylation sites (tertiary alicyclic amines) is 1. The van der Waals surface area contributed by atoms with E-state index in [1.165, 1.54) is 30.8 Å². The fourth-order valence-electron chi connectivity index (χ4n) is 2.80. The van der Waals surface area contributed by atoms with Crippen molar-refractivity contribution in [2.75, 3.05) is 23.9 Å². The van der Waals surface area contributed by atoms with Crippen molar-refractivity contribution < 1.29 is 4.79 Å². The van der Waals surface area contributed by atoms with Crippen LogP contribution in [-0.2, 0) is 4.79 Å². The summed E-state index contributed by atoms with van der Waals surface area (Å²) in [5.74, 6) is 4.05. The normalized spacial score (nSPS) is 27.1. The third kappa shape index (κ3) is 3.78. The highest BCUT2D eigenvalue weighted by atomic mass is 35.5. The van der Waals surface area contributed by atoms with Crippen LogP contribution in [-0.4, -0.2) is 40.8 Å². The second-order valence-electron chi connectivity index (χ2n) is 5.15. The van der Waals surface area contributed by atoms with Crippen LogP contribution in [0.5, 0.6) is 0 Å². The molecule has 2 rings (SSSR count). The van der Waals surface area contributed by atoms with Gasteiger partial charge in [0.1, 0.15) is 0 Å². The van der Waals surface area contributed by atoms with Crippen LogP contribution in [0.15, 0.2) is 0 Å². The molecule has 1 atom stereocenters. The van der Waals surface area contributed by atoms with E-state index >= 15 is 0 Å². The molecule has 0 bridgehead atoms. The van der Waals surface area contributed by atoms with E-state index in [-0.39, 0.29) is 0 Å². The van der Waals surface area contributed by atoms with Crippen LogP contribution in [0.1, 0.15) is 38.5 Å². The lowest BCUT2D eigenvalue weighted by Gasteiger charge is -2.36. The summed E-state index contributed by atoms with van der Waals surface area (Å²) in [6.45, 7) is 0.928. The van der Waals surface area contributed by atoms with Gasteiger partial charge in [-0.15, -0.1) is 11.6 Å². The first-order valence-corrected chi connectivity index (χ1v) is 8.43. The molecule has 4 heteroatoms. The van der Waals surface area contributed by atoms with Gasteiger partial charge in [0, 0.05) is 24.9 Å². The number of hydrogen-bond acceptors (Lipinski definition) is 2. The van der Waals surface area contributed by atoms with Gasteiger partial charge in [-0.1, -0.05) is 0 Å². The van der Waals surface area contributed by atoms with E-state index in [1.54, 1.807) is 0 Å². The number of piperidine rings is 1. The molecular weight excluding hydrogens is 254 g/mol. The Morgan fingerprint density at radius 2 is 2.00 bits per heavy atom. The van der Waals surface area contributed by atoms with Crippen LogP contribution >= 0.6 is 23.4 Å². The van der Waals surface area contributed by atoms with Crippen molar-refractivity contribution >= 4 is 29.3 Å². The van der Waals surface area contributed by atoms with Crippen LogP contribution in [0.25, 0.3) is 0 Å². The molecular formula is C13H22ClNOS. The van der Waals surface area contributed by atoms with Gasteiger partial charge in [0.15, 0.2) is 0 Å². The minimum absolute atomic E-state index is 0.302. The molecule has 2 fully saturated rings. The highest BCUT2D eigenvalue weighted by Crippen LogP contribution is 2.27. The third-order valence-corrected chi connectivity index (χ3v) is 5.33. The minimum atomic E-state index is 0.302. The van der Waals surface area contributed by atoms with Crippen LogP contribution in [0.4, 0.5) is 0 Å². The second-order valence-corrected chi connectivity index (χ2v) is 6.68. The van der Waals surface area contributed by atoms with Gasteiger partial charge < -0.3 is 4.90 Å². The largest absolute Gasteiger partial charge is 0.339 e. The lowest BCUT2D eigenvalue weighted by Crippen LogP contribution is -2.45. The van der Waals surface area contributed by atoms with Crippen molar-refractivity contribution in [2.24, 2.45) is 5.92 Å². The summed E-state index contributed by atoms with van der Waals surface area (Å²) in [4.78, 5) is 14.3. The topological polar surface area (TPSA) is 20.3 Å². The first kappa shape index (κ1) is 13.5. The number of rotatable bonds is 3. The molecule has 0 aromatic carbocycles. The van der Waals surface area contributed by atoms with E-state index in [0.717, 1.165) is 25.8 Å². The summed E-state index contributed by atoms with van der Waals surface area (Å²) in [7, 11) is 0. The molecule has 0 saturated carbocycles. The van der Waals surface area contributed by atoms with Crippen molar-refractivity contribution in [1.82, 2.24) is 4.90 Å². The van der Waals surface area contributed by atoms with Gasteiger partial charge in [0.2, 0.25) is 5.91 Å². The molecule has 0 spiro atoms. The average Bonchev–Trinajstić information content (AvgIpc) is 2.40. The maximum atomic E-state index is 12.3. The summed E-state index contributed by atoms with van der Waals surface area (Å²) in [6, 6.07) is 0.302. The Morgan fingerprint density at radius 1 is 1.24 bits per heavy atom. The predicted molar refractivity (Wildman–Crippen MR) is 74.7 cm³/mol. The van der Waals surface area contributed by atoms with Gasteiger partial charge in [-0.2, -0.15) is 11.8 Å². The number of halogens is 1. The Hall–Kier alpha value is 0.110. The van der Waals surface area contributed by atoms with E-state index in [0.29, 0.717) is 23.7 Å². The number of alkyl halides is 1.